The summed E-state index contributed by atoms with van der Waals surface area (Å²) in [6.07, 6.45) is 3.57. The highest BCUT2D eigenvalue weighted by molar-refractivity contribution is 5.87. The lowest BCUT2D eigenvalue weighted by atomic mass is 9.94. The van der Waals surface area contributed by atoms with Gasteiger partial charge in [-0.1, -0.05) is 6.42 Å². The Morgan fingerprint density at radius 3 is 2.65 bits per heavy atom. The van der Waals surface area contributed by atoms with Gasteiger partial charge in [0.1, 0.15) is 6.04 Å². The molecule has 3 atom stereocenters. The van der Waals surface area contributed by atoms with Crippen LogP contribution in [0.3, 0.4) is 0 Å². The molecule has 2 fully saturated rings. The number of carbonyl (C=O) groups excluding carboxylic acids is 2. The monoisotopic (exact) mass is 319 g/mol. The summed E-state index contributed by atoms with van der Waals surface area (Å²) >= 11 is 0. The second kappa shape index (κ2) is 5.98. The normalized spacial score (nSPS) is 26.4. The van der Waals surface area contributed by atoms with E-state index in [-0.39, 0.29) is 17.8 Å². The minimum Gasteiger partial charge on any atom is -0.467 e. The Bertz CT molecular complexity index is 637. The number of hydrogen-bond donors (Lipinski definition) is 0. The molecule has 0 N–H and O–H groups in total. The van der Waals surface area contributed by atoms with Crippen molar-refractivity contribution < 1.29 is 14.3 Å². The fourth-order valence-corrected chi connectivity index (χ4v) is 4.31. The first-order chi connectivity index (χ1) is 10.9. The lowest BCUT2D eigenvalue weighted by Crippen LogP contribution is -2.44. The van der Waals surface area contributed by atoms with Gasteiger partial charge in [-0.3, -0.25) is 9.48 Å². The first-order valence-corrected chi connectivity index (χ1v) is 8.30. The number of aromatic nitrogens is 2. The van der Waals surface area contributed by atoms with Crippen molar-refractivity contribution in [2.24, 2.45) is 18.9 Å². The Balaban J connectivity index is 1.82. The van der Waals surface area contributed by atoms with Gasteiger partial charge in [-0.05, 0) is 38.5 Å². The van der Waals surface area contributed by atoms with Crippen LogP contribution in [-0.2, 0) is 27.8 Å². The van der Waals surface area contributed by atoms with E-state index >= 15 is 0 Å². The fourth-order valence-electron chi connectivity index (χ4n) is 4.31. The maximum atomic E-state index is 12.9. The summed E-state index contributed by atoms with van der Waals surface area (Å²) in [4.78, 5) is 26.9. The number of nitrogens with zero attached hydrogens (tertiary/aromatic N) is 3. The molecule has 0 bridgehead atoms. The molecule has 23 heavy (non-hydrogen) atoms. The molecular weight excluding hydrogens is 294 g/mol. The fraction of sp³-hybridized carbons (Fsp3) is 0.706. The highest BCUT2D eigenvalue weighted by Crippen LogP contribution is 2.42. The van der Waals surface area contributed by atoms with Gasteiger partial charge >= 0.3 is 5.97 Å². The molecule has 1 saturated carbocycles. The molecule has 1 aromatic heterocycles. The van der Waals surface area contributed by atoms with E-state index in [0.717, 1.165) is 36.2 Å². The quantitative estimate of drug-likeness (QED) is 0.790. The van der Waals surface area contributed by atoms with E-state index < -0.39 is 6.04 Å². The minimum absolute atomic E-state index is 0.00833. The van der Waals surface area contributed by atoms with Crippen molar-refractivity contribution in [1.82, 2.24) is 14.7 Å². The molecule has 0 spiro atoms. The molecule has 0 radical (unpaired) electrons. The molecule has 1 amide bonds. The van der Waals surface area contributed by atoms with Crippen molar-refractivity contribution in [3.63, 3.8) is 0 Å². The van der Waals surface area contributed by atoms with Crippen LogP contribution in [0.1, 0.15) is 36.2 Å². The van der Waals surface area contributed by atoms with Crippen molar-refractivity contribution in [3.8, 4) is 0 Å². The first-order valence-electron chi connectivity index (χ1n) is 8.30. The van der Waals surface area contributed by atoms with Crippen LogP contribution in [0.2, 0.25) is 0 Å². The molecule has 3 rings (SSSR count). The van der Waals surface area contributed by atoms with E-state index in [1.54, 1.807) is 9.58 Å². The van der Waals surface area contributed by atoms with E-state index in [9.17, 15) is 9.59 Å². The van der Waals surface area contributed by atoms with Crippen molar-refractivity contribution in [3.05, 3.63) is 17.0 Å². The number of ether oxygens (including phenoxy) is 1. The summed E-state index contributed by atoms with van der Waals surface area (Å²) in [7, 11) is 3.29. The summed E-state index contributed by atoms with van der Waals surface area (Å²) in [5.41, 5.74) is 2.86. The molecule has 2 heterocycles. The van der Waals surface area contributed by atoms with Crippen molar-refractivity contribution >= 4 is 11.9 Å². The zero-order valence-corrected chi connectivity index (χ0v) is 14.3. The number of likely N-dealkylation sites (tertiary alicyclic amines) is 1. The molecule has 1 aliphatic carbocycles. The Kier molecular flexibility index (Phi) is 4.17. The summed E-state index contributed by atoms with van der Waals surface area (Å²) in [6, 6.07) is -0.405. The average Bonchev–Trinajstić information content (AvgIpc) is 3.16. The van der Waals surface area contributed by atoms with Crippen LogP contribution in [0.4, 0.5) is 0 Å². The Hall–Kier alpha value is -1.85. The molecular formula is C17H25N3O3. The molecule has 1 aromatic rings. The number of aryl methyl sites for hydroxylation is 2. The van der Waals surface area contributed by atoms with Crippen LogP contribution in [0.15, 0.2) is 0 Å². The lowest BCUT2D eigenvalue weighted by Gasteiger charge is -2.25. The molecule has 126 valence electrons. The minimum atomic E-state index is -0.405. The highest BCUT2D eigenvalue weighted by atomic mass is 16.5. The summed E-state index contributed by atoms with van der Waals surface area (Å²) in [6.45, 7) is 4.58. The summed E-state index contributed by atoms with van der Waals surface area (Å²) in [5.74, 6) is 0.447. The lowest BCUT2D eigenvalue weighted by molar-refractivity contribution is -0.152. The molecule has 0 unspecified atom stereocenters. The first kappa shape index (κ1) is 16.0. The van der Waals surface area contributed by atoms with Gasteiger partial charge in [0, 0.05) is 24.8 Å². The van der Waals surface area contributed by atoms with E-state index in [1.165, 1.54) is 7.11 Å². The molecule has 6 nitrogen and oxygen atoms in total. The van der Waals surface area contributed by atoms with Gasteiger partial charge in [0.2, 0.25) is 5.91 Å². The van der Waals surface area contributed by atoms with Gasteiger partial charge in [0.05, 0.1) is 19.2 Å². The SMILES string of the molecule is COC(=O)[C@@H]1[C@H]2CCC[C@H]2CN1C(=O)Cc1c(C)nn(C)c1C. The summed E-state index contributed by atoms with van der Waals surface area (Å²) < 4.78 is 6.78. The van der Waals surface area contributed by atoms with Crippen LogP contribution >= 0.6 is 0 Å². The van der Waals surface area contributed by atoms with Gasteiger partial charge in [0.15, 0.2) is 0 Å². The largest absolute Gasteiger partial charge is 0.467 e. The third-order valence-corrected chi connectivity index (χ3v) is 5.64. The van der Waals surface area contributed by atoms with Crippen LogP contribution in [0, 0.1) is 25.7 Å². The third-order valence-electron chi connectivity index (χ3n) is 5.64. The van der Waals surface area contributed by atoms with Crippen LogP contribution < -0.4 is 0 Å². The number of fused-ring (bicyclic) bond motifs is 1. The van der Waals surface area contributed by atoms with E-state index in [0.29, 0.717) is 18.9 Å². The number of hydrogen-bond acceptors (Lipinski definition) is 4. The van der Waals surface area contributed by atoms with Crippen molar-refractivity contribution in [1.29, 1.82) is 0 Å². The molecule has 1 aliphatic heterocycles. The number of methoxy groups -OCH3 is 1. The topological polar surface area (TPSA) is 64.4 Å². The van der Waals surface area contributed by atoms with Crippen LogP contribution in [0.25, 0.3) is 0 Å². The number of rotatable bonds is 3. The second-order valence-corrected chi connectivity index (χ2v) is 6.82. The van der Waals surface area contributed by atoms with Crippen LogP contribution in [-0.4, -0.2) is 46.3 Å². The number of esters is 1. The third kappa shape index (κ3) is 2.64. The van der Waals surface area contributed by atoms with Gasteiger partial charge in [-0.25, -0.2) is 4.79 Å². The number of amides is 1. The zero-order chi connectivity index (χ0) is 16.7. The predicted octanol–water partition coefficient (Wildman–Crippen LogP) is 1.38. The second-order valence-electron chi connectivity index (χ2n) is 6.82. The molecule has 6 heteroatoms. The van der Waals surface area contributed by atoms with Gasteiger partial charge in [-0.2, -0.15) is 5.10 Å². The van der Waals surface area contributed by atoms with Gasteiger partial charge in [-0.15, -0.1) is 0 Å². The average molecular weight is 319 g/mol. The van der Waals surface area contributed by atoms with Gasteiger partial charge in [0.25, 0.3) is 0 Å². The maximum Gasteiger partial charge on any atom is 0.328 e. The Morgan fingerprint density at radius 2 is 2.04 bits per heavy atom. The van der Waals surface area contributed by atoms with Crippen molar-refractivity contribution in [2.45, 2.75) is 45.6 Å². The predicted molar refractivity (Wildman–Crippen MR) is 84.7 cm³/mol. The number of carbonyl (C=O) groups is 2. The van der Waals surface area contributed by atoms with Gasteiger partial charge < -0.3 is 9.64 Å². The van der Waals surface area contributed by atoms with E-state index in [2.05, 4.69) is 5.10 Å². The molecule has 2 aliphatic rings. The highest BCUT2D eigenvalue weighted by Gasteiger charge is 2.49. The van der Waals surface area contributed by atoms with E-state index in [4.69, 9.17) is 4.74 Å². The Labute approximate surface area is 136 Å². The Morgan fingerprint density at radius 1 is 1.30 bits per heavy atom. The zero-order valence-electron chi connectivity index (χ0n) is 14.3. The standard InChI is InChI=1S/C17H25N3O3/c1-10-14(11(2)19(3)18-10)8-15(21)20-9-12-6-5-7-13(12)16(20)17(22)23-4/h12-13,16H,5-9H2,1-4H3/t12-,13-,16-/m0/s1. The van der Waals surface area contributed by atoms with Crippen molar-refractivity contribution in [2.75, 3.05) is 13.7 Å². The van der Waals surface area contributed by atoms with E-state index in [1.807, 2.05) is 20.9 Å². The summed E-state index contributed by atoms with van der Waals surface area (Å²) in [5, 5.41) is 4.37. The molecule has 0 aromatic carbocycles. The van der Waals surface area contributed by atoms with Crippen LogP contribution in [0.5, 0.6) is 0 Å². The molecule has 1 saturated heterocycles. The maximum absolute atomic E-state index is 12.9. The smallest absolute Gasteiger partial charge is 0.328 e.